The molecule has 1 unspecified atom stereocenters. The van der Waals surface area contributed by atoms with E-state index in [0.29, 0.717) is 12.6 Å². The van der Waals surface area contributed by atoms with Gasteiger partial charge in [0, 0.05) is 34.4 Å². The molecule has 98 valence electrons. The molecule has 0 saturated heterocycles. The fraction of sp³-hybridized carbons (Fsp3) is 0.667. The fourth-order valence-corrected chi connectivity index (χ4v) is 3.40. The molecular formula is C12H21BrN2OS. The summed E-state index contributed by atoms with van der Waals surface area (Å²) < 4.78 is 6.55. The van der Waals surface area contributed by atoms with Crippen LogP contribution in [0.2, 0.25) is 0 Å². The maximum absolute atomic E-state index is 5.90. The van der Waals surface area contributed by atoms with Gasteiger partial charge in [-0.2, -0.15) is 0 Å². The van der Waals surface area contributed by atoms with Gasteiger partial charge in [0.1, 0.15) is 0 Å². The van der Waals surface area contributed by atoms with Gasteiger partial charge in [-0.25, -0.2) is 0 Å². The van der Waals surface area contributed by atoms with E-state index in [-0.39, 0.29) is 0 Å². The maximum atomic E-state index is 5.90. The molecule has 0 amide bonds. The summed E-state index contributed by atoms with van der Waals surface area (Å²) in [5.74, 6) is 0. The lowest BCUT2D eigenvalue weighted by molar-refractivity contribution is 0.0988. The number of ether oxygens (including phenoxy) is 1. The Labute approximate surface area is 116 Å². The Morgan fingerprint density at radius 1 is 1.53 bits per heavy atom. The van der Waals surface area contributed by atoms with E-state index in [1.807, 2.05) is 6.92 Å². The first-order valence-corrected chi connectivity index (χ1v) is 7.65. The highest BCUT2D eigenvalue weighted by molar-refractivity contribution is 9.10. The second-order valence-corrected chi connectivity index (χ2v) is 5.60. The molecule has 1 heterocycles. The number of halogens is 1. The average molecular weight is 321 g/mol. The third kappa shape index (κ3) is 4.67. The SMILES string of the molecule is CCOCCN(CC)C(CN)c1cc(Br)cs1. The molecule has 0 aromatic carbocycles. The van der Waals surface area contributed by atoms with Gasteiger partial charge >= 0.3 is 0 Å². The van der Waals surface area contributed by atoms with Crippen LogP contribution < -0.4 is 5.73 Å². The van der Waals surface area contributed by atoms with Crippen molar-refractivity contribution < 1.29 is 4.74 Å². The molecule has 1 rings (SSSR count). The molecule has 17 heavy (non-hydrogen) atoms. The first-order chi connectivity index (χ1) is 8.22. The Morgan fingerprint density at radius 2 is 2.29 bits per heavy atom. The zero-order valence-electron chi connectivity index (χ0n) is 10.5. The quantitative estimate of drug-likeness (QED) is 0.748. The van der Waals surface area contributed by atoms with Crippen LogP contribution in [0.3, 0.4) is 0 Å². The van der Waals surface area contributed by atoms with Crippen molar-refractivity contribution in [1.29, 1.82) is 0 Å². The minimum atomic E-state index is 0.303. The Kier molecular flexibility index (Phi) is 7.30. The van der Waals surface area contributed by atoms with Gasteiger partial charge < -0.3 is 10.5 Å². The third-order valence-electron chi connectivity index (χ3n) is 2.71. The van der Waals surface area contributed by atoms with Gasteiger partial charge in [0.05, 0.1) is 12.6 Å². The summed E-state index contributed by atoms with van der Waals surface area (Å²) in [4.78, 5) is 3.69. The number of hydrogen-bond donors (Lipinski definition) is 1. The van der Waals surface area contributed by atoms with Gasteiger partial charge in [-0.3, -0.25) is 4.90 Å². The third-order valence-corrected chi connectivity index (χ3v) is 4.51. The van der Waals surface area contributed by atoms with E-state index >= 15 is 0 Å². The molecule has 0 aliphatic carbocycles. The first kappa shape index (κ1) is 15.1. The van der Waals surface area contributed by atoms with E-state index in [0.717, 1.165) is 30.8 Å². The van der Waals surface area contributed by atoms with Gasteiger partial charge in [0.15, 0.2) is 0 Å². The van der Waals surface area contributed by atoms with Crippen LogP contribution in [0.5, 0.6) is 0 Å². The average Bonchev–Trinajstić information content (AvgIpc) is 2.75. The summed E-state index contributed by atoms with van der Waals surface area (Å²) in [6, 6.07) is 2.46. The standard InChI is InChI=1S/C12H21BrN2OS/c1-3-15(5-6-16-4-2)11(8-14)12-7-10(13)9-17-12/h7,9,11H,3-6,8,14H2,1-2H3. The van der Waals surface area contributed by atoms with Crippen molar-refractivity contribution >= 4 is 27.3 Å². The van der Waals surface area contributed by atoms with E-state index in [4.69, 9.17) is 10.5 Å². The molecule has 2 N–H and O–H groups in total. The normalized spacial score (nSPS) is 13.2. The van der Waals surface area contributed by atoms with E-state index in [9.17, 15) is 0 Å². The minimum Gasteiger partial charge on any atom is -0.380 e. The van der Waals surface area contributed by atoms with Gasteiger partial charge in [-0.05, 0) is 35.5 Å². The van der Waals surface area contributed by atoms with Crippen LogP contribution >= 0.6 is 27.3 Å². The van der Waals surface area contributed by atoms with Crippen LogP contribution in [-0.4, -0.2) is 37.7 Å². The van der Waals surface area contributed by atoms with Crippen LogP contribution in [0, 0.1) is 0 Å². The summed E-state index contributed by atoms with van der Waals surface area (Å²) in [5.41, 5.74) is 5.90. The van der Waals surface area contributed by atoms with Crippen LogP contribution in [0.15, 0.2) is 15.9 Å². The highest BCUT2D eigenvalue weighted by atomic mass is 79.9. The molecule has 1 atom stereocenters. The number of thiophene rings is 1. The Hall–Kier alpha value is 0.0600. The van der Waals surface area contributed by atoms with Crippen molar-refractivity contribution in [1.82, 2.24) is 4.90 Å². The Balaban J connectivity index is 2.62. The molecule has 1 aromatic rings. The second kappa shape index (κ2) is 8.21. The molecular weight excluding hydrogens is 300 g/mol. The van der Waals surface area contributed by atoms with Gasteiger partial charge in [-0.1, -0.05) is 6.92 Å². The summed E-state index contributed by atoms with van der Waals surface area (Å²) in [6.07, 6.45) is 0. The Morgan fingerprint density at radius 3 is 2.76 bits per heavy atom. The van der Waals surface area contributed by atoms with Crippen molar-refractivity contribution in [2.24, 2.45) is 5.73 Å². The van der Waals surface area contributed by atoms with E-state index in [1.54, 1.807) is 11.3 Å². The van der Waals surface area contributed by atoms with Gasteiger partial charge in [0.25, 0.3) is 0 Å². The fourth-order valence-electron chi connectivity index (χ4n) is 1.81. The molecule has 0 saturated carbocycles. The molecule has 1 aromatic heterocycles. The highest BCUT2D eigenvalue weighted by Gasteiger charge is 2.18. The summed E-state index contributed by atoms with van der Waals surface area (Å²) in [5, 5.41) is 2.11. The van der Waals surface area contributed by atoms with Gasteiger partial charge in [0.2, 0.25) is 0 Å². The number of rotatable bonds is 8. The molecule has 0 radical (unpaired) electrons. The first-order valence-electron chi connectivity index (χ1n) is 5.98. The second-order valence-electron chi connectivity index (χ2n) is 3.74. The summed E-state index contributed by atoms with van der Waals surface area (Å²) in [6.45, 7) is 8.30. The minimum absolute atomic E-state index is 0.303. The molecule has 0 bridgehead atoms. The van der Waals surface area contributed by atoms with Gasteiger partial charge in [-0.15, -0.1) is 11.3 Å². The smallest absolute Gasteiger partial charge is 0.0593 e. The van der Waals surface area contributed by atoms with Crippen molar-refractivity contribution in [3.8, 4) is 0 Å². The van der Waals surface area contributed by atoms with Crippen molar-refractivity contribution in [2.75, 3.05) is 32.8 Å². The number of nitrogens with two attached hydrogens (primary N) is 1. The van der Waals surface area contributed by atoms with Crippen molar-refractivity contribution in [2.45, 2.75) is 19.9 Å². The largest absolute Gasteiger partial charge is 0.380 e. The van der Waals surface area contributed by atoms with E-state index < -0.39 is 0 Å². The molecule has 0 spiro atoms. The molecule has 0 aliphatic heterocycles. The van der Waals surface area contributed by atoms with Crippen molar-refractivity contribution in [3.63, 3.8) is 0 Å². The molecule has 3 nitrogen and oxygen atoms in total. The van der Waals surface area contributed by atoms with Crippen LogP contribution in [0.1, 0.15) is 24.8 Å². The predicted octanol–water partition coefficient (Wildman–Crippen LogP) is 2.87. The number of hydrogen-bond acceptors (Lipinski definition) is 4. The molecule has 0 fully saturated rings. The topological polar surface area (TPSA) is 38.5 Å². The highest BCUT2D eigenvalue weighted by Crippen LogP contribution is 2.28. The summed E-state index contributed by atoms with van der Waals surface area (Å²) in [7, 11) is 0. The zero-order chi connectivity index (χ0) is 12.7. The van der Waals surface area contributed by atoms with Crippen LogP contribution in [0.25, 0.3) is 0 Å². The van der Waals surface area contributed by atoms with Crippen LogP contribution in [0.4, 0.5) is 0 Å². The number of nitrogens with zero attached hydrogens (tertiary/aromatic N) is 1. The number of likely N-dealkylation sites (N-methyl/N-ethyl adjacent to an activating group) is 1. The lowest BCUT2D eigenvalue weighted by Crippen LogP contribution is -2.35. The summed E-state index contributed by atoms with van der Waals surface area (Å²) >= 11 is 5.25. The lowest BCUT2D eigenvalue weighted by Gasteiger charge is -2.28. The monoisotopic (exact) mass is 320 g/mol. The molecule has 5 heteroatoms. The Bertz CT molecular complexity index is 319. The van der Waals surface area contributed by atoms with E-state index in [2.05, 4.69) is 39.2 Å². The van der Waals surface area contributed by atoms with Crippen LogP contribution in [-0.2, 0) is 4.74 Å². The predicted molar refractivity (Wildman–Crippen MR) is 77.6 cm³/mol. The maximum Gasteiger partial charge on any atom is 0.0593 e. The molecule has 0 aliphatic rings. The van der Waals surface area contributed by atoms with Crippen molar-refractivity contribution in [3.05, 3.63) is 20.8 Å². The lowest BCUT2D eigenvalue weighted by atomic mass is 10.2. The van der Waals surface area contributed by atoms with E-state index in [1.165, 1.54) is 4.88 Å². The zero-order valence-corrected chi connectivity index (χ0v) is 12.9.